The topological polar surface area (TPSA) is 78.1 Å². The molecule has 5 nitrogen and oxygen atoms in total. The lowest BCUT2D eigenvalue weighted by atomic mass is 10.1. The summed E-state index contributed by atoms with van der Waals surface area (Å²) in [4.78, 5) is 4.37. The van der Waals surface area contributed by atoms with E-state index < -0.39 is 0 Å². The van der Waals surface area contributed by atoms with Crippen molar-refractivity contribution in [1.82, 2.24) is 10.1 Å². The van der Waals surface area contributed by atoms with Crippen molar-refractivity contribution < 1.29 is 8.94 Å². The summed E-state index contributed by atoms with van der Waals surface area (Å²) in [7, 11) is 0. The van der Waals surface area contributed by atoms with E-state index in [2.05, 4.69) is 10.1 Å². The third-order valence-electron chi connectivity index (χ3n) is 3.23. The standard InChI is InChI=1S/C13H19N3O2/c1-6(2)11(14)12-15-13(18-16-12)10-7(3)8(4)17-9(10)5/h6,11H,14H2,1-5H3. The van der Waals surface area contributed by atoms with E-state index in [4.69, 9.17) is 14.7 Å². The van der Waals surface area contributed by atoms with Crippen LogP contribution in [0.2, 0.25) is 0 Å². The van der Waals surface area contributed by atoms with E-state index in [-0.39, 0.29) is 12.0 Å². The van der Waals surface area contributed by atoms with Crippen molar-refractivity contribution in [2.45, 2.75) is 40.7 Å². The highest BCUT2D eigenvalue weighted by atomic mass is 16.5. The fourth-order valence-corrected chi connectivity index (χ4v) is 1.88. The summed E-state index contributed by atoms with van der Waals surface area (Å²) in [5, 5.41) is 3.95. The highest BCUT2D eigenvalue weighted by Gasteiger charge is 2.22. The van der Waals surface area contributed by atoms with Gasteiger partial charge in [-0.15, -0.1) is 0 Å². The molecule has 0 aliphatic heterocycles. The van der Waals surface area contributed by atoms with Gasteiger partial charge in [0.05, 0.1) is 11.6 Å². The Morgan fingerprint density at radius 1 is 1.11 bits per heavy atom. The van der Waals surface area contributed by atoms with Gasteiger partial charge in [0.2, 0.25) is 0 Å². The van der Waals surface area contributed by atoms with Gasteiger partial charge in [0.25, 0.3) is 5.89 Å². The number of hydrogen-bond donors (Lipinski definition) is 1. The minimum absolute atomic E-state index is 0.212. The zero-order valence-corrected chi connectivity index (χ0v) is 11.4. The van der Waals surface area contributed by atoms with Gasteiger partial charge in [0, 0.05) is 5.56 Å². The molecule has 2 N–H and O–H groups in total. The molecule has 0 amide bonds. The molecular weight excluding hydrogens is 230 g/mol. The first-order valence-electron chi connectivity index (χ1n) is 6.08. The van der Waals surface area contributed by atoms with Crippen LogP contribution in [0.5, 0.6) is 0 Å². The molecule has 5 heteroatoms. The maximum atomic E-state index is 6.00. The van der Waals surface area contributed by atoms with E-state index in [0.717, 1.165) is 22.6 Å². The lowest BCUT2D eigenvalue weighted by molar-refractivity contribution is 0.399. The van der Waals surface area contributed by atoms with Crippen LogP contribution in [0, 0.1) is 26.7 Å². The van der Waals surface area contributed by atoms with E-state index in [1.54, 1.807) is 0 Å². The fraction of sp³-hybridized carbons (Fsp3) is 0.538. The first kappa shape index (κ1) is 12.8. The summed E-state index contributed by atoms with van der Waals surface area (Å²) in [6.45, 7) is 9.84. The molecule has 1 unspecified atom stereocenters. The second kappa shape index (κ2) is 4.57. The first-order chi connectivity index (χ1) is 8.41. The molecule has 0 saturated carbocycles. The zero-order chi connectivity index (χ0) is 13.4. The molecule has 2 heterocycles. The van der Waals surface area contributed by atoms with E-state index in [1.165, 1.54) is 0 Å². The lowest BCUT2D eigenvalue weighted by Crippen LogP contribution is -2.18. The van der Waals surface area contributed by atoms with Crippen LogP contribution in [-0.2, 0) is 0 Å². The maximum absolute atomic E-state index is 6.00. The maximum Gasteiger partial charge on any atom is 0.261 e. The number of nitrogens with two attached hydrogens (primary N) is 1. The minimum atomic E-state index is -0.212. The Kier molecular flexibility index (Phi) is 3.26. The van der Waals surface area contributed by atoms with Crippen molar-refractivity contribution in [2.24, 2.45) is 11.7 Å². The predicted octanol–water partition coefficient (Wildman–Crippen LogP) is 2.91. The number of hydrogen-bond acceptors (Lipinski definition) is 5. The van der Waals surface area contributed by atoms with Crippen LogP contribution in [0.25, 0.3) is 11.5 Å². The Balaban J connectivity index is 2.41. The van der Waals surface area contributed by atoms with Gasteiger partial charge in [-0.05, 0) is 26.7 Å². The molecule has 0 aromatic carbocycles. The molecule has 98 valence electrons. The second-order valence-electron chi connectivity index (χ2n) is 4.94. The van der Waals surface area contributed by atoms with E-state index in [0.29, 0.717) is 11.7 Å². The molecule has 0 aliphatic carbocycles. The van der Waals surface area contributed by atoms with Crippen LogP contribution in [-0.4, -0.2) is 10.1 Å². The van der Waals surface area contributed by atoms with E-state index >= 15 is 0 Å². The molecule has 0 fully saturated rings. The molecular formula is C13H19N3O2. The van der Waals surface area contributed by atoms with Gasteiger partial charge in [0.1, 0.15) is 11.5 Å². The average molecular weight is 249 g/mol. The molecule has 0 spiro atoms. The molecule has 18 heavy (non-hydrogen) atoms. The largest absolute Gasteiger partial charge is 0.466 e. The molecule has 2 aromatic rings. The molecule has 1 atom stereocenters. The predicted molar refractivity (Wildman–Crippen MR) is 68.0 cm³/mol. The fourth-order valence-electron chi connectivity index (χ4n) is 1.88. The summed E-state index contributed by atoms with van der Waals surface area (Å²) in [6, 6.07) is -0.212. The van der Waals surface area contributed by atoms with Crippen LogP contribution >= 0.6 is 0 Å². The van der Waals surface area contributed by atoms with Gasteiger partial charge in [-0.1, -0.05) is 19.0 Å². The third kappa shape index (κ3) is 2.06. The van der Waals surface area contributed by atoms with Gasteiger partial charge in [-0.2, -0.15) is 4.98 Å². The molecule has 0 saturated heterocycles. The third-order valence-corrected chi connectivity index (χ3v) is 3.23. The van der Waals surface area contributed by atoms with Crippen LogP contribution in [0.1, 0.15) is 42.8 Å². The second-order valence-corrected chi connectivity index (χ2v) is 4.94. The Bertz CT molecular complexity index is 555. The van der Waals surface area contributed by atoms with Crippen molar-refractivity contribution in [2.75, 3.05) is 0 Å². The average Bonchev–Trinajstić information content (AvgIpc) is 2.84. The highest BCUT2D eigenvalue weighted by Crippen LogP contribution is 2.31. The molecule has 2 rings (SSSR count). The highest BCUT2D eigenvalue weighted by molar-refractivity contribution is 5.61. The Hall–Kier alpha value is -1.62. The van der Waals surface area contributed by atoms with Gasteiger partial charge in [-0.25, -0.2) is 0 Å². The van der Waals surface area contributed by atoms with Gasteiger partial charge in [0.15, 0.2) is 5.82 Å². The lowest BCUT2D eigenvalue weighted by Gasteiger charge is -2.09. The van der Waals surface area contributed by atoms with Crippen LogP contribution in [0.3, 0.4) is 0 Å². The molecule has 2 aromatic heterocycles. The van der Waals surface area contributed by atoms with Crippen molar-refractivity contribution in [3.63, 3.8) is 0 Å². The number of aryl methyl sites for hydroxylation is 2. The smallest absolute Gasteiger partial charge is 0.261 e. The minimum Gasteiger partial charge on any atom is -0.466 e. The van der Waals surface area contributed by atoms with Crippen LogP contribution in [0.4, 0.5) is 0 Å². The van der Waals surface area contributed by atoms with E-state index in [1.807, 2.05) is 34.6 Å². The quantitative estimate of drug-likeness (QED) is 0.904. The monoisotopic (exact) mass is 249 g/mol. The number of furan rings is 1. The Morgan fingerprint density at radius 3 is 2.28 bits per heavy atom. The summed E-state index contributed by atoms with van der Waals surface area (Å²) >= 11 is 0. The SMILES string of the molecule is Cc1oc(C)c(-c2nc(C(N)C(C)C)no2)c1C. The van der Waals surface area contributed by atoms with Crippen molar-refractivity contribution in [3.05, 3.63) is 22.9 Å². The van der Waals surface area contributed by atoms with Crippen molar-refractivity contribution in [1.29, 1.82) is 0 Å². The molecule has 0 radical (unpaired) electrons. The molecule has 0 bridgehead atoms. The Labute approximate surface area is 106 Å². The number of rotatable bonds is 3. The van der Waals surface area contributed by atoms with Crippen molar-refractivity contribution >= 4 is 0 Å². The summed E-state index contributed by atoms with van der Waals surface area (Å²) in [5.74, 6) is 2.95. The summed E-state index contributed by atoms with van der Waals surface area (Å²) in [6.07, 6.45) is 0. The van der Waals surface area contributed by atoms with E-state index in [9.17, 15) is 0 Å². The first-order valence-corrected chi connectivity index (χ1v) is 6.08. The number of nitrogens with zero attached hydrogens (tertiary/aromatic N) is 2. The number of aromatic nitrogens is 2. The zero-order valence-electron chi connectivity index (χ0n) is 11.4. The van der Waals surface area contributed by atoms with Crippen LogP contribution < -0.4 is 5.73 Å². The van der Waals surface area contributed by atoms with Gasteiger partial charge < -0.3 is 14.7 Å². The van der Waals surface area contributed by atoms with Crippen LogP contribution in [0.15, 0.2) is 8.94 Å². The van der Waals surface area contributed by atoms with Gasteiger partial charge in [-0.3, -0.25) is 0 Å². The normalized spacial score (nSPS) is 13.3. The Morgan fingerprint density at radius 2 is 1.78 bits per heavy atom. The van der Waals surface area contributed by atoms with Crippen molar-refractivity contribution in [3.8, 4) is 11.5 Å². The summed E-state index contributed by atoms with van der Waals surface area (Å²) < 4.78 is 10.9. The molecule has 0 aliphatic rings. The summed E-state index contributed by atoms with van der Waals surface area (Å²) in [5.41, 5.74) is 7.91. The van der Waals surface area contributed by atoms with Gasteiger partial charge >= 0.3 is 0 Å².